The van der Waals surface area contributed by atoms with Gasteiger partial charge in [0.1, 0.15) is 0 Å². The van der Waals surface area contributed by atoms with Gasteiger partial charge < -0.3 is 5.11 Å². The highest BCUT2D eigenvalue weighted by molar-refractivity contribution is 5.37. The van der Waals surface area contributed by atoms with Crippen molar-refractivity contribution in [1.82, 2.24) is 0 Å². The number of hydrogen-bond acceptors (Lipinski definition) is 1. The van der Waals surface area contributed by atoms with E-state index in [-0.39, 0.29) is 16.9 Å². The van der Waals surface area contributed by atoms with E-state index < -0.39 is 0 Å². The topological polar surface area (TPSA) is 20.2 Å². The summed E-state index contributed by atoms with van der Waals surface area (Å²) >= 11 is 0. The molecule has 1 aliphatic rings. The van der Waals surface area contributed by atoms with Crippen molar-refractivity contribution in [2.24, 2.45) is 5.41 Å². The van der Waals surface area contributed by atoms with Crippen LogP contribution in [0, 0.1) is 5.41 Å². The zero-order chi connectivity index (χ0) is 13.6. The smallest absolute Gasteiger partial charge is 0.0797 e. The van der Waals surface area contributed by atoms with Gasteiger partial charge in [-0.3, -0.25) is 0 Å². The summed E-state index contributed by atoms with van der Waals surface area (Å²) in [6.07, 6.45) is 2.81. The second-order valence-corrected chi connectivity index (χ2v) is 7.55. The molecule has 0 heterocycles. The average molecular weight is 246 g/mol. The Balaban J connectivity index is 2.42. The third kappa shape index (κ3) is 2.77. The van der Waals surface area contributed by atoms with Crippen molar-refractivity contribution in [3.05, 3.63) is 34.9 Å². The maximum Gasteiger partial charge on any atom is 0.0797 e. The number of rotatable bonds is 0. The lowest BCUT2D eigenvalue weighted by Crippen LogP contribution is -2.14. The van der Waals surface area contributed by atoms with Gasteiger partial charge >= 0.3 is 0 Å². The van der Waals surface area contributed by atoms with Gasteiger partial charge in [-0.15, -0.1) is 0 Å². The van der Waals surface area contributed by atoms with Crippen molar-refractivity contribution < 1.29 is 5.11 Å². The highest BCUT2D eigenvalue weighted by Gasteiger charge is 2.29. The summed E-state index contributed by atoms with van der Waals surface area (Å²) in [5, 5.41) is 10.5. The first-order valence-electron chi connectivity index (χ1n) is 7.00. The predicted octanol–water partition coefficient (Wildman–Crippen LogP) is 4.38. The van der Waals surface area contributed by atoms with Crippen LogP contribution < -0.4 is 0 Å². The molecule has 1 aromatic rings. The lowest BCUT2D eigenvalue weighted by atomic mass is 9.83. The van der Waals surface area contributed by atoms with E-state index in [1.165, 1.54) is 11.1 Å². The van der Waals surface area contributed by atoms with E-state index in [9.17, 15) is 5.11 Å². The monoisotopic (exact) mass is 246 g/mol. The predicted molar refractivity (Wildman–Crippen MR) is 76.8 cm³/mol. The van der Waals surface area contributed by atoms with Crippen LogP contribution in [0.2, 0.25) is 0 Å². The van der Waals surface area contributed by atoms with Crippen molar-refractivity contribution in [3.63, 3.8) is 0 Å². The van der Waals surface area contributed by atoms with Crippen LogP contribution in [0.5, 0.6) is 0 Å². The lowest BCUT2D eigenvalue weighted by Gasteiger charge is -2.25. The molecule has 1 unspecified atom stereocenters. The molecule has 0 aromatic heterocycles. The summed E-state index contributed by atoms with van der Waals surface area (Å²) in [5.74, 6) is 0. The minimum atomic E-state index is -0.306. The molecule has 100 valence electrons. The Hall–Kier alpha value is -0.820. The molecule has 1 nitrogen and oxygen atoms in total. The second kappa shape index (κ2) is 4.38. The van der Waals surface area contributed by atoms with Crippen molar-refractivity contribution in [3.8, 4) is 0 Å². The number of aliphatic hydroxyl groups excluding tert-OH is 1. The second-order valence-electron chi connectivity index (χ2n) is 7.55. The molecule has 1 aliphatic carbocycles. The fourth-order valence-electron chi connectivity index (χ4n) is 2.81. The molecule has 0 aliphatic heterocycles. The maximum absolute atomic E-state index is 10.5. The van der Waals surface area contributed by atoms with Crippen LogP contribution in [0.25, 0.3) is 0 Å². The van der Waals surface area contributed by atoms with E-state index in [1.54, 1.807) is 0 Å². The van der Waals surface area contributed by atoms with Crippen LogP contribution in [0.4, 0.5) is 0 Å². The van der Waals surface area contributed by atoms with Crippen molar-refractivity contribution >= 4 is 0 Å². The summed E-state index contributed by atoms with van der Waals surface area (Å²) in [6.45, 7) is 11.2. The number of hydrogen-bond donors (Lipinski definition) is 1. The molecule has 0 saturated heterocycles. The molecular formula is C17H26O. The van der Waals surface area contributed by atoms with Crippen LogP contribution in [0.1, 0.15) is 70.3 Å². The Labute approximate surface area is 111 Å². The minimum absolute atomic E-state index is 0.149. The van der Waals surface area contributed by atoms with Crippen molar-refractivity contribution in [2.45, 2.75) is 65.4 Å². The SMILES string of the molecule is CC1(C)CCc2ccc(C(C)(C)C)cc2C(O)C1. The highest BCUT2D eigenvalue weighted by atomic mass is 16.3. The van der Waals surface area contributed by atoms with Gasteiger partial charge in [0, 0.05) is 0 Å². The van der Waals surface area contributed by atoms with E-state index in [2.05, 4.69) is 52.8 Å². The van der Waals surface area contributed by atoms with E-state index in [0.29, 0.717) is 0 Å². The van der Waals surface area contributed by atoms with E-state index >= 15 is 0 Å². The van der Waals surface area contributed by atoms with Gasteiger partial charge in [-0.1, -0.05) is 52.8 Å². The average Bonchev–Trinajstić information content (AvgIpc) is 2.34. The first-order chi connectivity index (χ1) is 8.19. The summed E-state index contributed by atoms with van der Waals surface area (Å²) in [5.41, 5.74) is 4.20. The standard InChI is InChI=1S/C17H26O/c1-16(2,3)13-7-6-12-8-9-17(4,5)11-15(18)14(12)10-13/h6-7,10,15,18H,8-9,11H2,1-5H3. The molecule has 1 aromatic carbocycles. The van der Waals surface area contributed by atoms with Crippen molar-refractivity contribution in [2.75, 3.05) is 0 Å². The highest BCUT2D eigenvalue weighted by Crippen LogP contribution is 2.40. The third-order valence-corrected chi connectivity index (χ3v) is 4.19. The van der Waals surface area contributed by atoms with Gasteiger partial charge in [-0.25, -0.2) is 0 Å². The Morgan fingerprint density at radius 1 is 1.22 bits per heavy atom. The minimum Gasteiger partial charge on any atom is -0.388 e. The van der Waals surface area contributed by atoms with Crippen molar-refractivity contribution in [1.29, 1.82) is 0 Å². The first-order valence-corrected chi connectivity index (χ1v) is 7.00. The van der Waals surface area contributed by atoms with Crippen LogP contribution in [0.15, 0.2) is 18.2 Å². The summed E-state index contributed by atoms with van der Waals surface area (Å²) < 4.78 is 0. The largest absolute Gasteiger partial charge is 0.388 e. The summed E-state index contributed by atoms with van der Waals surface area (Å²) in [4.78, 5) is 0. The van der Waals surface area contributed by atoms with Crippen LogP contribution in [-0.2, 0) is 11.8 Å². The molecule has 2 rings (SSSR count). The zero-order valence-corrected chi connectivity index (χ0v) is 12.4. The van der Waals surface area contributed by atoms with E-state index in [1.807, 2.05) is 0 Å². The third-order valence-electron chi connectivity index (χ3n) is 4.19. The van der Waals surface area contributed by atoms with Crippen LogP contribution in [-0.4, -0.2) is 5.11 Å². The van der Waals surface area contributed by atoms with Gasteiger partial charge in [0.25, 0.3) is 0 Å². The van der Waals surface area contributed by atoms with Crippen LogP contribution in [0.3, 0.4) is 0 Å². The number of fused-ring (bicyclic) bond motifs is 1. The number of aliphatic hydroxyl groups is 1. The van der Waals surface area contributed by atoms with Gasteiger partial charge in [-0.2, -0.15) is 0 Å². The Morgan fingerprint density at radius 3 is 2.50 bits per heavy atom. The normalized spacial score (nSPS) is 23.3. The molecule has 0 radical (unpaired) electrons. The van der Waals surface area contributed by atoms with Gasteiger partial charge in [-0.05, 0) is 46.8 Å². The molecule has 0 bridgehead atoms. The lowest BCUT2D eigenvalue weighted by molar-refractivity contribution is 0.116. The molecule has 1 atom stereocenters. The van der Waals surface area contributed by atoms with E-state index in [0.717, 1.165) is 24.8 Å². The molecule has 1 heteroatoms. The Bertz CT molecular complexity index is 437. The molecule has 1 N–H and O–H groups in total. The van der Waals surface area contributed by atoms with Crippen LogP contribution >= 0.6 is 0 Å². The van der Waals surface area contributed by atoms with Gasteiger partial charge in [0.2, 0.25) is 0 Å². The molecule has 0 fully saturated rings. The summed E-state index contributed by atoms with van der Waals surface area (Å²) in [6, 6.07) is 6.67. The quantitative estimate of drug-likeness (QED) is 0.673. The molecular weight excluding hydrogens is 220 g/mol. The fourth-order valence-corrected chi connectivity index (χ4v) is 2.81. The fraction of sp³-hybridized carbons (Fsp3) is 0.647. The summed E-state index contributed by atoms with van der Waals surface area (Å²) in [7, 11) is 0. The first kappa shape index (κ1) is 13.6. The molecule has 18 heavy (non-hydrogen) atoms. The van der Waals surface area contributed by atoms with Gasteiger partial charge in [0.05, 0.1) is 6.10 Å². The van der Waals surface area contributed by atoms with Gasteiger partial charge in [0.15, 0.2) is 0 Å². The molecule has 0 spiro atoms. The molecule has 0 amide bonds. The molecule has 0 saturated carbocycles. The van der Waals surface area contributed by atoms with E-state index in [4.69, 9.17) is 0 Å². The zero-order valence-electron chi connectivity index (χ0n) is 12.4. The number of aryl methyl sites for hydroxylation is 1. The number of benzene rings is 1. The maximum atomic E-state index is 10.5. The Kier molecular flexibility index (Phi) is 3.31. The Morgan fingerprint density at radius 2 is 1.89 bits per heavy atom.